The first-order valence-electron chi connectivity index (χ1n) is 6.75. The number of hydrogen-bond donors (Lipinski definition) is 1. The molecular weight excluding hydrogens is 216 g/mol. The van der Waals surface area contributed by atoms with E-state index >= 15 is 0 Å². The summed E-state index contributed by atoms with van der Waals surface area (Å²) in [7, 11) is 0.947. The maximum absolute atomic E-state index is 11.7. The number of rotatable bonds is 3. The first-order valence-corrected chi connectivity index (χ1v) is 5.25. The molecule has 0 aliphatic rings. The van der Waals surface area contributed by atoms with Crippen LogP contribution in [0.1, 0.15) is 9.68 Å². The van der Waals surface area contributed by atoms with Crippen molar-refractivity contribution < 1.29 is 13.6 Å². The van der Waals surface area contributed by atoms with Gasteiger partial charge in [-0.15, -0.1) is 0 Å². The highest BCUT2D eigenvalue weighted by atomic mass is 16.5. The number of hydrogen-bond acceptors (Lipinski definition) is 2. The fourth-order valence-electron chi connectivity index (χ4n) is 1.70. The molecule has 2 aromatic rings. The first-order chi connectivity index (χ1) is 9.26. The SMILES string of the molecule is [2H]C([2H])([2H])Oc1ccc2c(CC(=O)N(C)C)c[nH]c2c1. The third-order valence-corrected chi connectivity index (χ3v) is 2.70. The van der Waals surface area contributed by atoms with E-state index in [9.17, 15) is 4.79 Å². The molecule has 0 aliphatic heterocycles. The summed E-state index contributed by atoms with van der Waals surface area (Å²) in [5.41, 5.74) is 1.62. The molecule has 0 fully saturated rings. The van der Waals surface area contributed by atoms with Crippen LogP contribution < -0.4 is 4.74 Å². The molecule has 0 aliphatic carbocycles. The largest absolute Gasteiger partial charge is 0.497 e. The Kier molecular flexibility index (Phi) is 2.16. The zero-order chi connectivity index (χ0) is 14.9. The van der Waals surface area contributed by atoms with Crippen molar-refractivity contribution in [3.63, 3.8) is 0 Å². The number of methoxy groups -OCH3 is 1. The van der Waals surface area contributed by atoms with Gasteiger partial charge in [0.15, 0.2) is 0 Å². The Labute approximate surface area is 104 Å². The lowest BCUT2D eigenvalue weighted by Crippen LogP contribution is -2.23. The Morgan fingerprint density at radius 2 is 2.35 bits per heavy atom. The standard InChI is InChI=1S/C13H16N2O2/c1-15(2)13(16)6-9-8-14-12-7-10(17-3)4-5-11(9)12/h4-5,7-8,14H,6H2,1-3H3/i3D3. The van der Waals surface area contributed by atoms with Crippen molar-refractivity contribution in [2.24, 2.45) is 0 Å². The van der Waals surface area contributed by atoms with Gasteiger partial charge < -0.3 is 14.6 Å². The van der Waals surface area contributed by atoms with Gasteiger partial charge in [0, 0.05) is 37.3 Å². The van der Waals surface area contributed by atoms with E-state index in [1.807, 2.05) is 0 Å². The van der Waals surface area contributed by atoms with Crippen LogP contribution in [0.4, 0.5) is 0 Å². The van der Waals surface area contributed by atoms with Gasteiger partial charge in [-0.1, -0.05) is 0 Å². The molecule has 0 atom stereocenters. The van der Waals surface area contributed by atoms with E-state index in [-0.39, 0.29) is 11.7 Å². The molecule has 1 heterocycles. The van der Waals surface area contributed by atoms with Crippen molar-refractivity contribution in [3.05, 3.63) is 30.0 Å². The van der Waals surface area contributed by atoms with Gasteiger partial charge in [0.2, 0.25) is 5.91 Å². The highest BCUT2D eigenvalue weighted by molar-refractivity contribution is 5.89. The lowest BCUT2D eigenvalue weighted by molar-refractivity contribution is -0.127. The van der Waals surface area contributed by atoms with Crippen LogP contribution in [0.5, 0.6) is 5.75 Å². The normalized spacial score (nSPS) is 13.9. The summed E-state index contributed by atoms with van der Waals surface area (Å²) in [6.07, 6.45) is 2.05. The van der Waals surface area contributed by atoms with Gasteiger partial charge in [-0.2, -0.15) is 0 Å². The molecule has 1 aromatic carbocycles. The molecular formula is C13H16N2O2. The third-order valence-electron chi connectivity index (χ3n) is 2.70. The van der Waals surface area contributed by atoms with Crippen LogP contribution in [0.3, 0.4) is 0 Å². The molecule has 1 aromatic heterocycles. The number of aromatic nitrogens is 1. The molecule has 0 radical (unpaired) electrons. The second-order valence-electron chi connectivity index (χ2n) is 4.09. The molecule has 0 saturated carbocycles. The van der Waals surface area contributed by atoms with Gasteiger partial charge in [0.25, 0.3) is 0 Å². The summed E-state index contributed by atoms with van der Waals surface area (Å²) in [5, 5.41) is 0.887. The zero-order valence-corrected chi connectivity index (χ0v) is 9.78. The lowest BCUT2D eigenvalue weighted by atomic mass is 10.1. The minimum absolute atomic E-state index is 0.00807. The smallest absolute Gasteiger partial charge is 0.226 e. The number of nitrogens with zero attached hydrogens (tertiary/aromatic N) is 1. The minimum atomic E-state index is -2.47. The minimum Gasteiger partial charge on any atom is -0.497 e. The second kappa shape index (κ2) is 4.49. The molecule has 0 bridgehead atoms. The van der Waals surface area contributed by atoms with Crippen LogP contribution in [0, 0.1) is 0 Å². The summed E-state index contributed by atoms with van der Waals surface area (Å²) in [5.74, 6) is 0.276. The number of benzene rings is 1. The zero-order valence-electron chi connectivity index (χ0n) is 12.8. The number of likely N-dealkylation sites (N-methyl/N-ethyl adjacent to an activating group) is 1. The van der Waals surface area contributed by atoms with Crippen molar-refractivity contribution in [2.75, 3.05) is 21.1 Å². The van der Waals surface area contributed by atoms with Gasteiger partial charge in [0.05, 0.1) is 17.6 Å². The monoisotopic (exact) mass is 235 g/mol. The molecule has 0 unspecified atom stereocenters. The molecule has 1 N–H and O–H groups in total. The van der Waals surface area contributed by atoms with E-state index < -0.39 is 7.04 Å². The summed E-state index contributed by atoms with van der Waals surface area (Å²) in [6, 6.07) is 4.96. The van der Waals surface area contributed by atoms with Gasteiger partial charge in [0.1, 0.15) is 5.75 Å². The molecule has 4 nitrogen and oxygen atoms in total. The highest BCUT2D eigenvalue weighted by Crippen LogP contribution is 2.23. The average molecular weight is 235 g/mol. The number of carbonyl (C=O) groups is 1. The van der Waals surface area contributed by atoms with E-state index in [4.69, 9.17) is 8.85 Å². The average Bonchev–Trinajstić information content (AvgIpc) is 2.69. The van der Waals surface area contributed by atoms with Crippen molar-refractivity contribution in [1.29, 1.82) is 0 Å². The molecule has 0 spiro atoms. The Morgan fingerprint density at radius 3 is 3.06 bits per heavy atom. The summed E-state index contributed by atoms with van der Waals surface area (Å²) >= 11 is 0. The van der Waals surface area contributed by atoms with Crippen LogP contribution in [0.15, 0.2) is 24.4 Å². The maximum Gasteiger partial charge on any atom is 0.226 e. The Bertz CT molecular complexity index is 632. The van der Waals surface area contributed by atoms with Crippen molar-refractivity contribution >= 4 is 16.8 Å². The Hall–Kier alpha value is -1.97. The van der Waals surface area contributed by atoms with E-state index in [1.54, 1.807) is 38.5 Å². The van der Waals surface area contributed by atoms with Gasteiger partial charge in [-0.25, -0.2) is 0 Å². The van der Waals surface area contributed by atoms with Crippen LogP contribution in [0.2, 0.25) is 0 Å². The molecule has 0 saturated heterocycles. The van der Waals surface area contributed by atoms with Crippen molar-refractivity contribution in [2.45, 2.75) is 6.42 Å². The number of nitrogens with one attached hydrogen (secondary N) is 1. The van der Waals surface area contributed by atoms with E-state index in [1.165, 1.54) is 4.90 Å². The number of carbonyl (C=O) groups excluding carboxylic acids is 1. The summed E-state index contributed by atoms with van der Waals surface area (Å²) in [6.45, 7) is 0. The van der Waals surface area contributed by atoms with Crippen LogP contribution >= 0.6 is 0 Å². The van der Waals surface area contributed by atoms with Gasteiger partial charge in [-0.3, -0.25) is 4.79 Å². The number of fused-ring (bicyclic) bond motifs is 1. The summed E-state index contributed by atoms with van der Waals surface area (Å²) in [4.78, 5) is 16.3. The van der Waals surface area contributed by atoms with Gasteiger partial charge in [-0.05, 0) is 17.7 Å². The number of aromatic amines is 1. The number of ether oxygens (including phenoxy) is 1. The quantitative estimate of drug-likeness (QED) is 0.881. The fourth-order valence-corrected chi connectivity index (χ4v) is 1.70. The maximum atomic E-state index is 11.7. The van der Waals surface area contributed by atoms with Crippen LogP contribution in [0.25, 0.3) is 10.9 Å². The Morgan fingerprint density at radius 1 is 1.53 bits per heavy atom. The molecule has 2 rings (SSSR count). The van der Waals surface area contributed by atoms with E-state index in [0.29, 0.717) is 6.42 Å². The number of H-pyrrole nitrogens is 1. The molecule has 4 heteroatoms. The topological polar surface area (TPSA) is 45.3 Å². The van der Waals surface area contributed by atoms with E-state index in [0.717, 1.165) is 16.5 Å². The van der Waals surface area contributed by atoms with Crippen molar-refractivity contribution in [3.8, 4) is 5.75 Å². The van der Waals surface area contributed by atoms with Crippen LogP contribution in [-0.2, 0) is 11.2 Å². The van der Waals surface area contributed by atoms with Gasteiger partial charge >= 0.3 is 0 Å². The van der Waals surface area contributed by atoms with E-state index in [2.05, 4.69) is 4.98 Å². The summed E-state index contributed by atoms with van der Waals surface area (Å²) < 4.78 is 26.1. The van der Waals surface area contributed by atoms with Crippen molar-refractivity contribution in [1.82, 2.24) is 9.88 Å². The predicted octanol–water partition coefficient (Wildman–Crippen LogP) is 1.81. The second-order valence-corrected chi connectivity index (χ2v) is 4.09. The third kappa shape index (κ3) is 2.25. The predicted molar refractivity (Wildman–Crippen MR) is 67.2 cm³/mol. The fraction of sp³-hybridized carbons (Fsp3) is 0.308. The molecule has 17 heavy (non-hydrogen) atoms. The lowest BCUT2D eigenvalue weighted by Gasteiger charge is -2.09. The highest BCUT2D eigenvalue weighted by Gasteiger charge is 2.10. The van der Waals surface area contributed by atoms with Crippen LogP contribution in [-0.4, -0.2) is 36.9 Å². The molecule has 1 amide bonds. The first kappa shape index (κ1) is 8.17. The molecule has 90 valence electrons. The number of amides is 1. The Balaban J connectivity index is 2.27.